The van der Waals surface area contributed by atoms with E-state index in [1.54, 1.807) is 0 Å². The number of aromatic nitrogens is 1. The molecule has 0 bridgehead atoms. The second-order valence-electron chi connectivity index (χ2n) is 5.69. The van der Waals surface area contributed by atoms with E-state index in [1.165, 1.54) is 22.0 Å². The minimum absolute atomic E-state index is 0.0932. The van der Waals surface area contributed by atoms with Gasteiger partial charge in [-0.25, -0.2) is 0 Å². The lowest BCUT2D eigenvalue weighted by molar-refractivity contribution is 0.281. The third-order valence-electron chi connectivity index (χ3n) is 4.15. The number of aliphatic hydroxyl groups is 1. The Morgan fingerprint density at radius 3 is 2.86 bits per heavy atom. The van der Waals surface area contributed by atoms with Gasteiger partial charge in [-0.1, -0.05) is 42.5 Å². The van der Waals surface area contributed by atoms with E-state index in [1.807, 2.05) is 12.1 Å². The molecule has 0 saturated heterocycles. The van der Waals surface area contributed by atoms with Gasteiger partial charge in [0.25, 0.3) is 0 Å². The standard InChI is InChI=1S/C19H22N2O/c1-14(16-6-4-5-15(11-16)13-22)20-10-9-17-12-21-19-8-3-2-7-18(17)19/h2-8,11-12,14,20-22H,9-10,13H2,1H3. The summed E-state index contributed by atoms with van der Waals surface area (Å²) in [4.78, 5) is 3.32. The molecule has 3 heteroatoms. The lowest BCUT2D eigenvalue weighted by atomic mass is 10.0. The molecule has 0 fully saturated rings. The van der Waals surface area contributed by atoms with Crippen molar-refractivity contribution in [3.05, 3.63) is 71.4 Å². The molecule has 1 heterocycles. The molecule has 3 rings (SSSR count). The molecule has 3 N–H and O–H groups in total. The van der Waals surface area contributed by atoms with Crippen molar-refractivity contribution in [1.29, 1.82) is 0 Å². The van der Waals surface area contributed by atoms with E-state index in [0.717, 1.165) is 18.5 Å². The molecule has 0 aliphatic carbocycles. The van der Waals surface area contributed by atoms with Gasteiger partial charge in [0.05, 0.1) is 6.61 Å². The molecule has 0 aliphatic rings. The van der Waals surface area contributed by atoms with Gasteiger partial charge in [0.2, 0.25) is 0 Å². The lowest BCUT2D eigenvalue weighted by Gasteiger charge is -2.15. The summed E-state index contributed by atoms with van der Waals surface area (Å²) in [7, 11) is 0. The summed E-state index contributed by atoms with van der Waals surface area (Å²) in [6.45, 7) is 3.17. The summed E-state index contributed by atoms with van der Waals surface area (Å²) < 4.78 is 0. The van der Waals surface area contributed by atoms with Gasteiger partial charge in [-0.2, -0.15) is 0 Å². The fourth-order valence-corrected chi connectivity index (χ4v) is 2.84. The molecule has 1 atom stereocenters. The van der Waals surface area contributed by atoms with Crippen LogP contribution in [0.5, 0.6) is 0 Å². The molecule has 0 amide bonds. The molecular formula is C19H22N2O. The fraction of sp³-hybridized carbons (Fsp3) is 0.263. The van der Waals surface area contributed by atoms with Gasteiger partial charge in [0.15, 0.2) is 0 Å². The number of fused-ring (bicyclic) bond motifs is 1. The van der Waals surface area contributed by atoms with Crippen LogP contribution in [0.2, 0.25) is 0 Å². The Hall–Kier alpha value is -2.10. The van der Waals surface area contributed by atoms with Gasteiger partial charge in [-0.3, -0.25) is 0 Å². The average Bonchev–Trinajstić information content (AvgIpc) is 2.98. The quantitative estimate of drug-likeness (QED) is 0.651. The third kappa shape index (κ3) is 3.21. The van der Waals surface area contributed by atoms with Crippen molar-refractivity contribution in [2.24, 2.45) is 0 Å². The summed E-state index contributed by atoms with van der Waals surface area (Å²) >= 11 is 0. The molecule has 3 nitrogen and oxygen atoms in total. The Balaban J connectivity index is 1.60. The summed E-state index contributed by atoms with van der Waals surface area (Å²) in [6.07, 6.45) is 3.09. The van der Waals surface area contributed by atoms with Crippen LogP contribution in [0.15, 0.2) is 54.7 Å². The van der Waals surface area contributed by atoms with Crippen LogP contribution >= 0.6 is 0 Å². The van der Waals surface area contributed by atoms with E-state index in [4.69, 9.17) is 0 Å². The minimum atomic E-state index is 0.0932. The van der Waals surface area contributed by atoms with Crippen LogP contribution < -0.4 is 5.32 Å². The van der Waals surface area contributed by atoms with Crippen LogP contribution in [0.4, 0.5) is 0 Å². The van der Waals surface area contributed by atoms with Crippen molar-refractivity contribution in [3.63, 3.8) is 0 Å². The molecule has 1 unspecified atom stereocenters. The van der Waals surface area contributed by atoms with Crippen LogP contribution in [0.25, 0.3) is 10.9 Å². The number of hydrogen-bond donors (Lipinski definition) is 3. The average molecular weight is 294 g/mol. The normalized spacial score (nSPS) is 12.6. The Labute approximate surface area is 131 Å². The summed E-state index contributed by atoms with van der Waals surface area (Å²) in [5.74, 6) is 0. The van der Waals surface area contributed by atoms with Gasteiger partial charge in [-0.05, 0) is 42.6 Å². The van der Waals surface area contributed by atoms with Crippen LogP contribution in [-0.4, -0.2) is 16.6 Å². The van der Waals surface area contributed by atoms with Crippen LogP contribution in [0.1, 0.15) is 29.7 Å². The van der Waals surface area contributed by atoms with Crippen LogP contribution in [-0.2, 0) is 13.0 Å². The Morgan fingerprint density at radius 2 is 2.00 bits per heavy atom. The van der Waals surface area contributed by atoms with Gasteiger partial charge in [0.1, 0.15) is 0 Å². The highest BCUT2D eigenvalue weighted by atomic mass is 16.3. The Kier molecular flexibility index (Phi) is 4.56. The molecule has 1 aromatic heterocycles. The van der Waals surface area contributed by atoms with Gasteiger partial charge in [-0.15, -0.1) is 0 Å². The van der Waals surface area contributed by atoms with Crippen LogP contribution in [0, 0.1) is 0 Å². The fourth-order valence-electron chi connectivity index (χ4n) is 2.84. The largest absolute Gasteiger partial charge is 0.392 e. The molecule has 22 heavy (non-hydrogen) atoms. The molecule has 0 aliphatic heterocycles. The third-order valence-corrected chi connectivity index (χ3v) is 4.15. The number of nitrogens with one attached hydrogen (secondary N) is 2. The first-order chi connectivity index (χ1) is 10.8. The molecule has 114 valence electrons. The molecule has 0 spiro atoms. The molecule has 2 aromatic carbocycles. The van der Waals surface area contributed by atoms with E-state index in [-0.39, 0.29) is 12.6 Å². The van der Waals surface area contributed by atoms with Crippen molar-refractivity contribution < 1.29 is 5.11 Å². The zero-order chi connectivity index (χ0) is 15.4. The highest BCUT2D eigenvalue weighted by Gasteiger charge is 2.07. The van der Waals surface area contributed by atoms with Crippen molar-refractivity contribution in [1.82, 2.24) is 10.3 Å². The zero-order valence-corrected chi connectivity index (χ0v) is 12.8. The highest BCUT2D eigenvalue weighted by molar-refractivity contribution is 5.83. The van der Waals surface area contributed by atoms with Crippen molar-refractivity contribution in [2.45, 2.75) is 26.0 Å². The minimum Gasteiger partial charge on any atom is -0.392 e. The van der Waals surface area contributed by atoms with Gasteiger partial charge >= 0.3 is 0 Å². The number of aromatic amines is 1. The Bertz CT molecular complexity index is 748. The Morgan fingerprint density at radius 1 is 1.14 bits per heavy atom. The maximum atomic E-state index is 9.22. The van der Waals surface area contributed by atoms with E-state index >= 15 is 0 Å². The van der Waals surface area contributed by atoms with Crippen molar-refractivity contribution in [3.8, 4) is 0 Å². The molecular weight excluding hydrogens is 272 g/mol. The number of hydrogen-bond acceptors (Lipinski definition) is 2. The first-order valence-electron chi connectivity index (χ1n) is 7.76. The van der Waals surface area contributed by atoms with Crippen molar-refractivity contribution in [2.75, 3.05) is 6.54 Å². The van der Waals surface area contributed by atoms with Crippen LogP contribution in [0.3, 0.4) is 0 Å². The topological polar surface area (TPSA) is 48.0 Å². The number of para-hydroxylation sites is 1. The van der Waals surface area contributed by atoms with Crippen molar-refractivity contribution >= 4 is 10.9 Å². The molecule has 0 radical (unpaired) electrons. The number of rotatable bonds is 6. The summed E-state index contributed by atoms with van der Waals surface area (Å²) in [5.41, 5.74) is 4.72. The smallest absolute Gasteiger partial charge is 0.0681 e. The summed E-state index contributed by atoms with van der Waals surface area (Å²) in [5, 5.41) is 14.1. The first-order valence-corrected chi connectivity index (χ1v) is 7.76. The molecule has 0 saturated carbocycles. The number of H-pyrrole nitrogens is 1. The predicted molar refractivity (Wildman–Crippen MR) is 90.8 cm³/mol. The second kappa shape index (κ2) is 6.77. The molecule has 3 aromatic rings. The van der Waals surface area contributed by atoms with E-state index in [9.17, 15) is 5.11 Å². The predicted octanol–water partition coefficient (Wildman–Crippen LogP) is 3.55. The number of aliphatic hydroxyl groups excluding tert-OH is 1. The summed E-state index contributed by atoms with van der Waals surface area (Å²) in [6, 6.07) is 16.8. The van der Waals surface area contributed by atoms with E-state index < -0.39 is 0 Å². The van der Waals surface area contributed by atoms with E-state index in [2.05, 4.69) is 59.8 Å². The maximum Gasteiger partial charge on any atom is 0.0681 e. The second-order valence-corrected chi connectivity index (χ2v) is 5.69. The van der Waals surface area contributed by atoms with E-state index in [0.29, 0.717) is 0 Å². The SMILES string of the molecule is CC(NCCc1c[nH]c2ccccc12)c1cccc(CO)c1. The zero-order valence-electron chi connectivity index (χ0n) is 12.8. The number of benzene rings is 2. The first kappa shape index (κ1) is 14.8. The van der Waals surface area contributed by atoms with Gasteiger partial charge < -0.3 is 15.4 Å². The highest BCUT2D eigenvalue weighted by Crippen LogP contribution is 2.18. The van der Waals surface area contributed by atoms with Gasteiger partial charge in [0, 0.05) is 23.1 Å². The maximum absolute atomic E-state index is 9.22. The monoisotopic (exact) mass is 294 g/mol. The lowest BCUT2D eigenvalue weighted by Crippen LogP contribution is -2.21.